The number of hydrogen-bond acceptors (Lipinski definition) is 4. The predicted octanol–water partition coefficient (Wildman–Crippen LogP) is 1.71. The standard InChI is InChI=1S/C11H14FN5/c1-7(11-16-14-6-17(11)2)15-10-5-8(12)3-4-9(10)13/h3-7,15H,13H2,1-2H3. The number of anilines is 2. The van der Waals surface area contributed by atoms with E-state index in [9.17, 15) is 4.39 Å². The summed E-state index contributed by atoms with van der Waals surface area (Å²) in [6.45, 7) is 1.91. The van der Waals surface area contributed by atoms with Crippen LogP contribution in [-0.2, 0) is 7.05 Å². The summed E-state index contributed by atoms with van der Waals surface area (Å²) in [6, 6.07) is 4.11. The van der Waals surface area contributed by atoms with E-state index in [2.05, 4.69) is 15.5 Å². The van der Waals surface area contributed by atoms with Crippen molar-refractivity contribution in [3.63, 3.8) is 0 Å². The monoisotopic (exact) mass is 235 g/mol. The second-order valence-corrected chi connectivity index (χ2v) is 3.90. The Morgan fingerprint density at radius 3 is 2.88 bits per heavy atom. The number of nitrogens with zero attached hydrogens (tertiary/aromatic N) is 3. The molecule has 0 saturated heterocycles. The van der Waals surface area contributed by atoms with Gasteiger partial charge >= 0.3 is 0 Å². The summed E-state index contributed by atoms with van der Waals surface area (Å²) in [6.07, 6.45) is 1.61. The maximum absolute atomic E-state index is 13.1. The van der Waals surface area contributed by atoms with Gasteiger partial charge in [-0.15, -0.1) is 10.2 Å². The molecule has 0 saturated carbocycles. The molecule has 2 rings (SSSR count). The van der Waals surface area contributed by atoms with Crippen molar-refractivity contribution >= 4 is 11.4 Å². The van der Waals surface area contributed by atoms with E-state index in [1.807, 2.05) is 14.0 Å². The van der Waals surface area contributed by atoms with Crippen LogP contribution in [0.5, 0.6) is 0 Å². The topological polar surface area (TPSA) is 68.8 Å². The van der Waals surface area contributed by atoms with Crippen molar-refractivity contribution < 1.29 is 4.39 Å². The number of rotatable bonds is 3. The van der Waals surface area contributed by atoms with Crippen LogP contribution in [0.3, 0.4) is 0 Å². The molecule has 1 unspecified atom stereocenters. The number of nitrogens with one attached hydrogen (secondary N) is 1. The molecule has 1 aromatic heterocycles. The first-order valence-electron chi connectivity index (χ1n) is 5.23. The lowest BCUT2D eigenvalue weighted by molar-refractivity contribution is 0.627. The van der Waals surface area contributed by atoms with Gasteiger partial charge in [-0.2, -0.15) is 0 Å². The number of benzene rings is 1. The lowest BCUT2D eigenvalue weighted by Gasteiger charge is -2.15. The van der Waals surface area contributed by atoms with Crippen molar-refractivity contribution in [2.24, 2.45) is 7.05 Å². The maximum Gasteiger partial charge on any atom is 0.154 e. The number of nitrogens with two attached hydrogens (primary N) is 1. The number of nitrogen functional groups attached to an aromatic ring is 1. The highest BCUT2D eigenvalue weighted by atomic mass is 19.1. The van der Waals surface area contributed by atoms with Crippen LogP contribution in [0.4, 0.5) is 15.8 Å². The molecule has 5 nitrogen and oxygen atoms in total. The van der Waals surface area contributed by atoms with E-state index in [-0.39, 0.29) is 11.9 Å². The second-order valence-electron chi connectivity index (χ2n) is 3.90. The van der Waals surface area contributed by atoms with E-state index >= 15 is 0 Å². The third-order valence-corrected chi connectivity index (χ3v) is 2.52. The van der Waals surface area contributed by atoms with Gasteiger partial charge in [0.05, 0.1) is 17.4 Å². The molecule has 0 fully saturated rings. The third-order valence-electron chi connectivity index (χ3n) is 2.52. The van der Waals surface area contributed by atoms with Gasteiger partial charge in [0.1, 0.15) is 12.1 Å². The molecule has 1 aromatic carbocycles. The fourth-order valence-electron chi connectivity index (χ4n) is 1.64. The molecule has 0 bridgehead atoms. The summed E-state index contributed by atoms with van der Waals surface area (Å²) in [5.74, 6) is 0.431. The van der Waals surface area contributed by atoms with Crippen molar-refractivity contribution in [1.29, 1.82) is 0 Å². The molecule has 0 amide bonds. The van der Waals surface area contributed by atoms with E-state index in [0.29, 0.717) is 11.4 Å². The Morgan fingerprint density at radius 2 is 2.24 bits per heavy atom. The Hall–Kier alpha value is -2.11. The van der Waals surface area contributed by atoms with Crippen molar-refractivity contribution in [3.8, 4) is 0 Å². The Balaban J connectivity index is 2.21. The zero-order valence-corrected chi connectivity index (χ0v) is 9.68. The van der Waals surface area contributed by atoms with Gasteiger partial charge in [0.25, 0.3) is 0 Å². The largest absolute Gasteiger partial charge is 0.397 e. The highest BCUT2D eigenvalue weighted by Crippen LogP contribution is 2.23. The highest BCUT2D eigenvalue weighted by molar-refractivity contribution is 5.66. The molecule has 0 radical (unpaired) electrons. The average Bonchev–Trinajstić information content (AvgIpc) is 2.70. The molecule has 6 heteroatoms. The number of hydrogen-bond donors (Lipinski definition) is 2. The summed E-state index contributed by atoms with van der Waals surface area (Å²) in [5.41, 5.74) is 6.81. The average molecular weight is 235 g/mol. The quantitative estimate of drug-likeness (QED) is 0.795. The summed E-state index contributed by atoms with van der Waals surface area (Å²) in [4.78, 5) is 0. The molecule has 1 atom stereocenters. The number of halogens is 1. The van der Waals surface area contributed by atoms with Crippen molar-refractivity contribution in [2.75, 3.05) is 11.1 Å². The minimum atomic E-state index is -0.327. The van der Waals surface area contributed by atoms with Gasteiger partial charge in [-0.3, -0.25) is 0 Å². The zero-order valence-electron chi connectivity index (χ0n) is 9.68. The van der Waals surface area contributed by atoms with Gasteiger partial charge in [0.2, 0.25) is 0 Å². The predicted molar refractivity (Wildman–Crippen MR) is 63.9 cm³/mol. The first-order chi connectivity index (χ1) is 8.08. The number of aryl methyl sites for hydroxylation is 1. The fourth-order valence-corrected chi connectivity index (χ4v) is 1.64. The molecule has 0 aliphatic rings. The number of aromatic nitrogens is 3. The van der Waals surface area contributed by atoms with Crippen LogP contribution in [-0.4, -0.2) is 14.8 Å². The van der Waals surface area contributed by atoms with Crippen LogP contribution in [0.25, 0.3) is 0 Å². The molecule has 2 aromatic rings. The van der Waals surface area contributed by atoms with Crippen LogP contribution < -0.4 is 11.1 Å². The molecule has 0 aliphatic carbocycles. The molecule has 90 valence electrons. The van der Waals surface area contributed by atoms with E-state index in [0.717, 1.165) is 5.82 Å². The van der Waals surface area contributed by atoms with Gasteiger partial charge in [-0.05, 0) is 25.1 Å². The Kier molecular flexibility index (Phi) is 2.95. The van der Waals surface area contributed by atoms with Gasteiger partial charge in [0, 0.05) is 7.05 Å². The molecule has 0 spiro atoms. The first-order valence-corrected chi connectivity index (χ1v) is 5.23. The van der Waals surface area contributed by atoms with Gasteiger partial charge in [-0.1, -0.05) is 0 Å². The van der Waals surface area contributed by atoms with Crippen molar-refractivity contribution in [1.82, 2.24) is 14.8 Å². The van der Waals surface area contributed by atoms with Gasteiger partial charge in [0.15, 0.2) is 5.82 Å². The van der Waals surface area contributed by atoms with Gasteiger partial charge < -0.3 is 15.6 Å². The molecular formula is C11H14FN5. The van der Waals surface area contributed by atoms with Crippen molar-refractivity contribution in [2.45, 2.75) is 13.0 Å². The first kappa shape index (κ1) is 11.4. The third kappa shape index (κ3) is 2.35. The lowest BCUT2D eigenvalue weighted by atomic mass is 10.2. The van der Waals surface area contributed by atoms with Crippen LogP contribution in [0.15, 0.2) is 24.5 Å². The second kappa shape index (κ2) is 4.40. The lowest BCUT2D eigenvalue weighted by Crippen LogP contribution is -2.13. The Morgan fingerprint density at radius 1 is 1.47 bits per heavy atom. The smallest absolute Gasteiger partial charge is 0.154 e. The summed E-state index contributed by atoms with van der Waals surface area (Å²) < 4.78 is 14.9. The van der Waals surface area contributed by atoms with E-state index in [1.165, 1.54) is 18.2 Å². The van der Waals surface area contributed by atoms with E-state index < -0.39 is 0 Å². The SMILES string of the molecule is CC(Nc1cc(F)ccc1N)c1nncn1C. The molecule has 0 aliphatic heterocycles. The Labute approximate surface area is 98.5 Å². The maximum atomic E-state index is 13.1. The fraction of sp³-hybridized carbons (Fsp3) is 0.273. The van der Waals surface area contributed by atoms with Crippen LogP contribution in [0.1, 0.15) is 18.8 Å². The normalized spacial score (nSPS) is 12.4. The Bertz CT molecular complexity index is 522. The molecular weight excluding hydrogens is 221 g/mol. The van der Waals surface area contributed by atoms with Crippen molar-refractivity contribution in [3.05, 3.63) is 36.2 Å². The molecule has 1 heterocycles. The molecule has 3 N–H and O–H groups in total. The minimum absolute atomic E-state index is 0.105. The zero-order chi connectivity index (χ0) is 12.4. The van der Waals surface area contributed by atoms with E-state index in [1.54, 1.807) is 10.9 Å². The molecule has 17 heavy (non-hydrogen) atoms. The van der Waals surface area contributed by atoms with Crippen LogP contribution >= 0.6 is 0 Å². The van der Waals surface area contributed by atoms with E-state index in [4.69, 9.17) is 5.73 Å². The minimum Gasteiger partial charge on any atom is -0.397 e. The van der Waals surface area contributed by atoms with Gasteiger partial charge in [-0.25, -0.2) is 4.39 Å². The summed E-state index contributed by atoms with van der Waals surface area (Å²) >= 11 is 0. The highest BCUT2D eigenvalue weighted by Gasteiger charge is 2.12. The van der Waals surface area contributed by atoms with Crippen LogP contribution in [0, 0.1) is 5.82 Å². The summed E-state index contributed by atoms with van der Waals surface area (Å²) in [7, 11) is 1.85. The van der Waals surface area contributed by atoms with Crippen LogP contribution in [0.2, 0.25) is 0 Å². The summed E-state index contributed by atoms with van der Waals surface area (Å²) in [5, 5.41) is 10.9.